The summed E-state index contributed by atoms with van der Waals surface area (Å²) in [6.45, 7) is 5.79. The third-order valence-corrected chi connectivity index (χ3v) is 7.84. The number of Topliss-reactive ketones (excluding diaryl/α,β-unsaturated/α-hetero) is 2. The predicted molar refractivity (Wildman–Crippen MR) is 131 cm³/mol. The number of phenols is 1. The quantitative estimate of drug-likeness (QED) is 0.326. The fourth-order valence-corrected chi connectivity index (χ4v) is 6.14. The molecule has 1 aromatic carbocycles. The molecule has 36 heavy (non-hydrogen) atoms. The maximum atomic E-state index is 13.9. The van der Waals surface area contributed by atoms with Gasteiger partial charge in [0.15, 0.2) is 11.4 Å². The largest absolute Gasteiger partial charge is 0.508 e. The zero-order valence-electron chi connectivity index (χ0n) is 21.0. The van der Waals surface area contributed by atoms with Gasteiger partial charge in [0.1, 0.15) is 22.8 Å². The lowest BCUT2D eigenvalue weighted by molar-refractivity contribution is -0.153. The second-order valence-electron chi connectivity index (χ2n) is 11.2. The van der Waals surface area contributed by atoms with Crippen molar-refractivity contribution < 1.29 is 34.8 Å². The van der Waals surface area contributed by atoms with Crippen molar-refractivity contribution in [1.82, 2.24) is 4.90 Å². The number of amides is 1. The van der Waals surface area contributed by atoms with E-state index in [4.69, 9.17) is 11.5 Å². The SMILES string of the molecule is CN(C)C1C(=O)C(C(N)=O)=C(O)C2(O)C(=O)C3=C(O)c4c(O)c(C(C)(C)C)cc(CN)c4CC3CC12. The van der Waals surface area contributed by atoms with Crippen molar-refractivity contribution in [3.63, 3.8) is 0 Å². The van der Waals surface area contributed by atoms with E-state index in [-0.39, 0.29) is 36.3 Å². The molecule has 10 heteroatoms. The summed E-state index contributed by atoms with van der Waals surface area (Å²) in [6.07, 6.45) is 0.261. The molecule has 1 fully saturated rings. The molecule has 0 radical (unpaired) electrons. The number of likely N-dealkylation sites (N-methyl/N-ethyl adjacent to an activating group) is 1. The minimum absolute atomic E-state index is 0.0392. The maximum Gasteiger partial charge on any atom is 0.255 e. The molecule has 194 valence electrons. The van der Waals surface area contributed by atoms with E-state index < -0.39 is 63.5 Å². The zero-order chi connectivity index (χ0) is 27.1. The second-order valence-corrected chi connectivity index (χ2v) is 11.2. The van der Waals surface area contributed by atoms with Crippen LogP contribution in [0.15, 0.2) is 23.0 Å². The number of nitrogens with zero attached hydrogens (tertiary/aromatic N) is 1. The molecule has 3 aliphatic carbocycles. The Bertz CT molecular complexity index is 1270. The number of carbonyl (C=O) groups is 3. The van der Waals surface area contributed by atoms with Gasteiger partial charge in [-0.1, -0.05) is 20.8 Å². The van der Waals surface area contributed by atoms with Crippen molar-refractivity contribution >= 4 is 23.2 Å². The number of benzene rings is 1. The Hall–Kier alpha value is -3.21. The molecule has 4 unspecified atom stereocenters. The number of carbonyl (C=O) groups excluding carboxylic acids is 3. The number of aliphatic hydroxyl groups excluding tert-OH is 2. The fourth-order valence-electron chi connectivity index (χ4n) is 6.14. The first-order chi connectivity index (χ1) is 16.6. The summed E-state index contributed by atoms with van der Waals surface area (Å²) < 4.78 is 0. The number of primary amides is 1. The first kappa shape index (κ1) is 25.9. The number of fused-ring (bicyclic) bond motifs is 3. The number of ketones is 2. The van der Waals surface area contributed by atoms with Crippen LogP contribution < -0.4 is 11.5 Å². The Morgan fingerprint density at radius 2 is 1.81 bits per heavy atom. The van der Waals surface area contributed by atoms with E-state index in [0.717, 1.165) is 0 Å². The molecule has 0 aliphatic heterocycles. The van der Waals surface area contributed by atoms with Gasteiger partial charge in [-0.2, -0.15) is 0 Å². The molecule has 8 N–H and O–H groups in total. The molecule has 4 atom stereocenters. The van der Waals surface area contributed by atoms with Crippen molar-refractivity contribution in [2.75, 3.05) is 14.1 Å². The zero-order valence-corrected chi connectivity index (χ0v) is 21.0. The monoisotopic (exact) mass is 499 g/mol. The van der Waals surface area contributed by atoms with Crippen molar-refractivity contribution in [3.05, 3.63) is 45.2 Å². The van der Waals surface area contributed by atoms with Crippen LogP contribution in [-0.4, -0.2) is 68.5 Å². The van der Waals surface area contributed by atoms with Crippen LogP contribution in [-0.2, 0) is 32.8 Å². The van der Waals surface area contributed by atoms with Crippen LogP contribution in [0.5, 0.6) is 5.75 Å². The number of rotatable bonds is 3. The summed E-state index contributed by atoms with van der Waals surface area (Å²) in [5, 5.41) is 45.1. The minimum Gasteiger partial charge on any atom is -0.508 e. The third kappa shape index (κ3) is 3.31. The van der Waals surface area contributed by atoms with Crippen molar-refractivity contribution in [2.45, 2.75) is 57.2 Å². The summed E-state index contributed by atoms with van der Waals surface area (Å²) in [5.41, 5.74) is 9.09. The lowest BCUT2D eigenvalue weighted by Gasteiger charge is -2.50. The van der Waals surface area contributed by atoms with Crippen LogP contribution >= 0.6 is 0 Å². The molecule has 1 amide bonds. The average Bonchev–Trinajstić information content (AvgIpc) is 2.75. The van der Waals surface area contributed by atoms with Crippen LogP contribution in [0.2, 0.25) is 0 Å². The van der Waals surface area contributed by atoms with Gasteiger partial charge in [0.2, 0.25) is 5.78 Å². The van der Waals surface area contributed by atoms with E-state index in [2.05, 4.69) is 0 Å². The Kier molecular flexibility index (Phi) is 5.86. The van der Waals surface area contributed by atoms with Gasteiger partial charge < -0.3 is 31.9 Å². The van der Waals surface area contributed by atoms with E-state index in [1.165, 1.54) is 4.90 Å². The molecule has 0 saturated heterocycles. The van der Waals surface area contributed by atoms with E-state index in [0.29, 0.717) is 16.7 Å². The Morgan fingerprint density at radius 1 is 1.19 bits per heavy atom. The summed E-state index contributed by atoms with van der Waals surface area (Å²) in [6, 6.07) is 0.682. The van der Waals surface area contributed by atoms with Gasteiger partial charge in [0.05, 0.1) is 11.6 Å². The lowest BCUT2D eigenvalue weighted by atomic mass is 9.57. The molecule has 10 nitrogen and oxygen atoms in total. The van der Waals surface area contributed by atoms with Crippen LogP contribution in [0, 0.1) is 11.8 Å². The highest BCUT2D eigenvalue weighted by molar-refractivity contribution is 6.24. The number of phenolic OH excluding ortho intramolecular Hbond substituents is 1. The minimum atomic E-state index is -2.65. The summed E-state index contributed by atoms with van der Waals surface area (Å²) in [5.74, 6) is -6.62. The summed E-state index contributed by atoms with van der Waals surface area (Å²) in [7, 11) is 3.12. The highest BCUT2D eigenvalue weighted by Gasteiger charge is 2.64. The smallest absolute Gasteiger partial charge is 0.255 e. The van der Waals surface area contributed by atoms with E-state index >= 15 is 0 Å². The number of nitrogens with two attached hydrogens (primary N) is 2. The highest BCUT2D eigenvalue weighted by atomic mass is 16.3. The number of aliphatic hydroxyl groups is 3. The molecule has 1 saturated carbocycles. The van der Waals surface area contributed by atoms with Crippen LogP contribution in [0.4, 0.5) is 0 Å². The normalized spacial score (nSPS) is 28.3. The van der Waals surface area contributed by atoms with Gasteiger partial charge >= 0.3 is 0 Å². The second kappa shape index (κ2) is 8.16. The van der Waals surface area contributed by atoms with E-state index in [9.17, 15) is 34.8 Å². The molecule has 3 aliphatic rings. The molecule has 4 rings (SSSR count). The molecule has 1 aromatic rings. The Labute approximate surface area is 208 Å². The first-order valence-corrected chi connectivity index (χ1v) is 11.8. The van der Waals surface area contributed by atoms with Gasteiger partial charge in [-0.25, -0.2) is 0 Å². The van der Waals surface area contributed by atoms with Crippen LogP contribution in [0.1, 0.15) is 49.4 Å². The standard InChI is InChI=1S/C26H33N3O7/c1-25(2,3)14-8-11(9-27)12-6-10-7-13-18(29(4)5)21(32)17(24(28)35)23(34)26(13,36)22(33)15(10)20(31)16(12)19(14)30/h8,10,13,18,30-31,34,36H,6-7,9,27H2,1-5H3,(H2,28,35). The summed E-state index contributed by atoms with van der Waals surface area (Å²) in [4.78, 5) is 40.5. The van der Waals surface area contributed by atoms with E-state index in [1.54, 1.807) is 20.2 Å². The third-order valence-electron chi connectivity index (χ3n) is 7.84. The first-order valence-electron chi connectivity index (χ1n) is 11.8. The lowest BCUT2D eigenvalue weighted by Crippen LogP contribution is -2.65. The molecular formula is C26H33N3O7. The molecule has 0 bridgehead atoms. The van der Waals surface area contributed by atoms with Gasteiger partial charge in [-0.3, -0.25) is 19.3 Å². The molecule has 0 aromatic heterocycles. The van der Waals surface area contributed by atoms with Gasteiger partial charge in [-0.05, 0) is 55.5 Å². The highest BCUT2D eigenvalue weighted by Crippen LogP contribution is 2.53. The number of hydrogen-bond donors (Lipinski definition) is 6. The van der Waals surface area contributed by atoms with Crippen LogP contribution in [0.25, 0.3) is 5.76 Å². The number of hydrogen-bond acceptors (Lipinski definition) is 9. The van der Waals surface area contributed by atoms with Gasteiger partial charge in [0.25, 0.3) is 5.91 Å². The van der Waals surface area contributed by atoms with Crippen molar-refractivity contribution in [3.8, 4) is 5.75 Å². The van der Waals surface area contributed by atoms with Gasteiger partial charge in [0, 0.05) is 23.6 Å². The van der Waals surface area contributed by atoms with Gasteiger partial charge in [-0.15, -0.1) is 0 Å². The fraction of sp³-hybridized carbons (Fsp3) is 0.500. The predicted octanol–water partition coefficient (Wildman–Crippen LogP) is 0.720. The summed E-state index contributed by atoms with van der Waals surface area (Å²) >= 11 is 0. The topological polar surface area (TPSA) is 187 Å². The maximum absolute atomic E-state index is 13.9. The Balaban J connectivity index is 2.02. The van der Waals surface area contributed by atoms with Crippen LogP contribution in [0.3, 0.4) is 0 Å². The van der Waals surface area contributed by atoms with E-state index in [1.807, 2.05) is 20.8 Å². The number of aromatic hydroxyl groups is 1. The molecular weight excluding hydrogens is 466 g/mol. The van der Waals surface area contributed by atoms with Crippen molar-refractivity contribution in [2.24, 2.45) is 23.3 Å². The average molecular weight is 500 g/mol. The molecule has 0 heterocycles. The Morgan fingerprint density at radius 3 is 2.31 bits per heavy atom. The van der Waals surface area contributed by atoms with Crippen molar-refractivity contribution in [1.29, 1.82) is 0 Å². The molecule has 0 spiro atoms.